The van der Waals surface area contributed by atoms with Crippen molar-refractivity contribution < 1.29 is 35.9 Å². The standard InChI is InChI=1S/C20H23F3N2O5S/c1-25-19(14-8-16(28-2)10-17(9-14)29-3)18(12-30-25)31(26,27)24-11-13-5-4-6-15(7-13)20(21,22)23/h4-10,18-19,24H,11-12H2,1-3H3/t18-,19+/m1/s1. The van der Waals surface area contributed by atoms with Crippen molar-refractivity contribution in [3.05, 3.63) is 59.2 Å². The average Bonchev–Trinajstić information content (AvgIpc) is 3.14. The van der Waals surface area contributed by atoms with Crippen LogP contribution in [0.15, 0.2) is 42.5 Å². The van der Waals surface area contributed by atoms with Crippen LogP contribution in [0.25, 0.3) is 0 Å². The van der Waals surface area contributed by atoms with Crippen molar-refractivity contribution in [2.24, 2.45) is 0 Å². The molecule has 11 heteroatoms. The Bertz CT molecular complexity index is 1010. The van der Waals surface area contributed by atoms with Crippen LogP contribution in [0.1, 0.15) is 22.7 Å². The van der Waals surface area contributed by atoms with E-state index in [1.165, 1.54) is 31.4 Å². The number of hydrogen-bond acceptors (Lipinski definition) is 6. The van der Waals surface area contributed by atoms with Crippen molar-refractivity contribution in [2.45, 2.75) is 24.0 Å². The Labute approximate surface area is 178 Å². The predicted molar refractivity (Wildman–Crippen MR) is 107 cm³/mol. The maximum absolute atomic E-state index is 13.0. The van der Waals surface area contributed by atoms with E-state index in [2.05, 4.69) is 4.72 Å². The second kappa shape index (κ2) is 9.03. The smallest absolute Gasteiger partial charge is 0.416 e. The SMILES string of the molecule is COc1cc(OC)cc([C@H]2[C@H](S(=O)(=O)NCc3cccc(C(F)(F)F)c3)CON2C)c1. The molecule has 0 aliphatic carbocycles. The number of nitrogens with one attached hydrogen (secondary N) is 1. The molecular weight excluding hydrogens is 437 g/mol. The van der Waals surface area contributed by atoms with Gasteiger partial charge in [0.1, 0.15) is 16.7 Å². The van der Waals surface area contributed by atoms with E-state index in [9.17, 15) is 21.6 Å². The fraction of sp³-hybridized carbons (Fsp3) is 0.400. The van der Waals surface area contributed by atoms with Gasteiger partial charge in [0.05, 0.1) is 32.4 Å². The first-order valence-corrected chi connectivity index (χ1v) is 10.8. The quantitative estimate of drug-likeness (QED) is 0.684. The molecule has 1 N–H and O–H groups in total. The summed E-state index contributed by atoms with van der Waals surface area (Å²) >= 11 is 0. The van der Waals surface area contributed by atoms with E-state index >= 15 is 0 Å². The monoisotopic (exact) mass is 460 g/mol. The van der Waals surface area contributed by atoms with Crippen LogP contribution in [0, 0.1) is 0 Å². The Balaban J connectivity index is 1.84. The molecule has 2 atom stereocenters. The van der Waals surface area contributed by atoms with Crippen LogP contribution in [0.5, 0.6) is 11.5 Å². The minimum absolute atomic E-state index is 0.112. The molecule has 2 aromatic carbocycles. The Kier molecular flexibility index (Phi) is 6.79. The van der Waals surface area contributed by atoms with Crippen LogP contribution < -0.4 is 14.2 Å². The third-order valence-electron chi connectivity index (χ3n) is 5.03. The Morgan fingerprint density at radius 3 is 2.35 bits per heavy atom. The Morgan fingerprint density at radius 2 is 1.77 bits per heavy atom. The molecule has 170 valence electrons. The van der Waals surface area contributed by atoms with Crippen LogP contribution in [0.4, 0.5) is 13.2 Å². The molecule has 2 aromatic rings. The summed E-state index contributed by atoms with van der Waals surface area (Å²) in [5.41, 5.74) is -0.0367. The summed E-state index contributed by atoms with van der Waals surface area (Å²) < 4.78 is 77.7. The van der Waals surface area contributed by atoms with Crippen LogP contribution >= 0.6 is 0 Å². The highest BCUT2D eigenvalue weighted by Crippen LogP contribution is 2.37. The maximum Gasteiger partial charge on any atom is 0.416 e. The number of hydrogen-bond donors (Lipinski definition) is 1. The first kappa shape index (κ1) is 23.3. The van der Waals surface area contributed by atoms with Gasteiger partial charge in [-0.2, -0.15) is 18.2 Å². The number of methoxy groups -OCH3 is 2. The summed E-state index contributed by atoms with van der Waals surface area (Å²) in [7, 11) is 0.623. The fourth-order valence-corrected chi connectivity index (χ4v) is 4.92. The van der Waals surface area contributed by atoms with Gasteiger partial charge in [0.15, 0.2) is 0 Å². The van der Waals surface area contributed by atoms with Crippen molar-refractivity contribution in [2.75, 3.05) is 27.9 Å². The Hall–Kier alpha value is -2.34. The van der Waals surface area contributed by atoms with Gasteiger partial charge in [-0.15, -0.1) is 0 Å². The summed E-state index contributed by atoms with van der Waals surface area (Å²) in [6, 6.07) is 8.89. The number of nitrogens with zero attached hydrogens (tertiary/aromatic N) is 1. The van der Waals surface area contributed by atoms with Crippen molar-refractivity contribution in [3.63, 3.8) is 0 Å². The van der Waals surface area contributed by atoms with E-state index in [4.69, 9.17) is 14.3 Å². The zero-order valence-electron chi connectivity index (χ0n) is 17.1. The third kappa shape index (κ3) is 5.29. The molecule has 0 aromatic heterocycles. The van der Waals surface area contributed by atoms with Gasteiger partial charge in [0.25, 0.3) is 0 Å². The molecule has 1 fully saturated rings. The number of ether oxygens (including phenoxy) is 2. The molecule has 31 heavy (non-hydrogen) atoms. The Morgan fingerprint density at radius 1 is 1.13 bits per heavy atom. The average molecular weight is 460 g/mol. The predicted octanol–water partition coefficient (Wildman–Crippen LogP) is 3.13. The topological polar surface area (TPSA) is 77.1 Å². The molecule has 1 aliphatic rings. The van der Waals surface area contributed by atoms with E-state index < -0.39 is 33.1 Å². The van der Waals surface area contributed by atoms with Crippen LogP contribution in [-0.2, 0) is 27.6 Å². The third-order valence-corrected chi connectivity index (χ3v) is 6.77. The number of sulfonamides is 1. The molecule has 7 nitrogen and oxygen atoms in total. The first-order chi connectivity index (χ1) is 14.5. The van der Waals surface area contributed by atoms with Gasteiger partial charge in [0.2, 0.25) is 10.0 Å². The number of hydroxylamine groups is 2. The molecule has 3 rings (SSSR count). The zero-order valence-corrected chi connectivity index (χ0v) is 18.0. The summed E-state index contributed by atoms with van der Waals surface area (Å²) in [6.45, 7) is -0.390. The van der Waals surface area contributed by atoms with Gasteiger partial charge in [-0.3, -0.25) is 4.84 Å². The lowest BCUT2D eigenvalue weighted by molar-refractivity contribution is -0.137. The normalized spacial score (nSPS) is 20.1. The number of alkyl halides is 3. The number of halogens is 3. The van der Waals surface area contributed by atoms with Gasteiger partial charge in [0, 0.05) is 19.7 Å². The van der Waals surface area contributed by atoms with E-state index in [0.717, 1.165) is 12.1 Å². The largest absolute Gasteiger partial charge is 0.497 e. The lowest BCUT2D eigenvalue weighted by Crippen LogP contribution is -2.39. The molecule has 0 saturated carbocycles. The molecule has 0 unspecified atom stereocenters. The second-order valence-electron chi connectivity index (χ2n) is 7.04. The lowest BCUT2D eigenvalue weighted by atomic mass is 10.0. The van der Waals surface area contributed by atoms with Gasteiger partial charge in [-0.1, -0.05) is 18.2 Å². The molecule has 0 bridgehead atoms. The molecule has 0 spiro atoms. The summed E-state index contributed by atoms with van der Waals surface area (Å²) in [5, 5.41) is 0.433. The van der Waals surface area contributed by atoms with Gasteiger partial charge in [-0.25, -0.2) is 13.1 Å². The molecule has 1 heterocycles. The highest BCUT2D eigenvalue weighted by atomic mass is 32.2. The van der Waals surface area contributed by atoms with E-state index in [1.807, 2.05) is 0 Å². The van der Waals surface area contributed by atoms with Gasteiger partial charge in [-0.05, 0) is 29.3 Å². The molecule has 0 radical (unpaired) electrons. The summed E-state index contributed by atoms with van der Waals surface area (Å²) in [5.74, 6) is 0.977. The molecule has 0 amide bonds. The first-order valence-electron chi connectivity index (χ1n) is 9.28. The van der Waals surface area contributed by atoms with Crippen LogP contribution in [0.3, 0.4) is 0 Å². The van der Waals surface area contributed by atoms with Crippen molar-refractivity contribution >= 4 is 10.0 Å². The highest BCUT2D eigenvalue weighted by Gasteiger charge is 2.43. The highest BCUT2D eigenvalue weighted by molar-refractivity contribution is 7.90. The molecule has 1 saturated heterocycles. The lowest BCUT2D eigenvalue weighted by Gasteiger charge is -2.24. The summed E-state index contributed by atoms with van der Waals surface area (Å²) in [6.07, 6.45) is -4.51. The minimum atomic E-state index is -4.51. The van der Waals surface area contributed by atoms with E-state index in [0.29, 0.717) is 17.1 Å². The zero-order chi connectivity index (χ0) is 22.8. The number of benzene rings is 2. The summed E-state index contributed by atoms with van der Waals surface area (Å²) in [4.78, 5) is 5.47. The minimum Gasteiger partial charge on any atom is -0.497 e. The van der Waals surface area contributed by atoms with Crippen molar-refractivity contribution in [3.8, 4) is 11.5 Å². The van der Waals surface area contributed by atoms with Gasteiger partial charge < -0.3 is 9.47 Å². The molecule has 1 aliphatic heterocycles. The molecular formula is C20H23F3N2O5S. The second-order valence-corrected chi connectivity index (χ2v) is 9.02. The van der Waals surface area contributed by atoms with Crippen LogP contribution in [-0.4, -0.2) is 46.6 Å². The van der Waals surface area contributed by atoms with Crippen molar-refractivity contribution in [1.29, 1.82) is 0 Å². The van der Waals surface area contributed by atoms with E-state index in [-0.39, 0.29) is 18.7 Å². The fourth-order valence-electron chi connectivity index (χ4n) is 3.43. The van der Waals surface area contributed by atoms with E-state index in [1.54, 1.807) is 25.2 Å². The van der Waals surface area contributed by atoms with Gasteiger partial charge >= 0.3 is 6.18 Å². The van der Waals surface area contributed by atoms with Crippen molar-refractivity contribution in [1.82, 2.24) is 9.79 Å². The number of rotatable bonds is 7. The van der Waals surface area contributed by atoms with Crippen LogP contribution in [0.2, 0.25) is 0 Å². The maximum atomic E-state index is 13.0.